The van der Waals surface area contributed by atoms with Crippen LogP contribution in [0.15, 0.2) is 21.1 Å². The Hall–Kier alpha value is -1.62. The molecule has 2 rings (SSSR count). The van der Waals surface area contributed by atoms with Crippen molar-refractivity contribution in [2.24, 2.45) is 0 Å². The second kappa shape index (κ2) is 5.82. The van der Waals surface area contributed by atoms with Crippen molar-refractivity contribution >= 4 is 0 Å². The maximum absolute atomic E-state index is 5.69. The molecule has 0 saturated carbocycles. The molecule has 0 aliphatic carbocycles. The molecule has 2 aromatic heterocycles. The molecule has 5 nitrogen and oxygen atoms in total. The summed E-state index contributed by atoms with van der Waals surface area (Å²) in [6, 6.07) is 4.23. The van der Waals surface area contributed by atoms with E-state index in [2.05, 4.69) is 29.3 Å². The molecule has 1 unspecified atom stereocenters. The zero-order valence-corrected chi connectivity index (χ0v) is 11.1. The average Bonchev–Trinajstić information content (AvgIpc) is 2.98. The van der Waals surface area contributed by atoms with E-state index in [9.17, 15) is 0 Å². The van der Waals surface area contributed by atoms with Crippen LogP contribution in [0.4, 0.5) is 0 Å². The third kappa shape index (κ3) is 3.20. The van der Waals surface area contributed by atoms with Gasteiger partial charge in [0.1, 0.15) is 11.5 Å². The number of hydrogen-bond acceptors (Lipinski definition) is 5. The van der Waals surface area contributed by atoms with Gasteiger partial charge in [-0.2, -0.15) is 4.98 Å². The molecule has 0 spiro atoms. The molecule has 18 heavy (non-hydrogen) atoms. The number of aromatic nitrogens is 2. The molecule has 0 aliphatic rings. The molecule has 1 atom stereocenters. The summed E-state index contributed by atoms with van der Waals surface area (Å²) in [6.45, 7) is 6.76. The van der Waals surface area contributed by atoms with Crippen LogP contribution in [0.3, 0.4) is 0 Å². The van der Waals surface area contributed by atoms with Gasteiger partial charge in [0.2, 0.25) is 5.89 Å². The van der Waals surface area contributed by atoms with E-state index in [1.165, 1.54) is 0 Å². The minimum absolute atomic E-state index is 0.189. The van der Waals surface area contributed by atoms with E-state index in [1.54, 1.807) is 0 Å². The standard InChI is InChI=1S/C13H19N3O2/c1-4-11-5-6-12(17-11)9(2)14-8-7-13-15-10(3)16-18-13/h5-6,9,14H,4,7-8H2,1-3H3. The number of furan rings is 1. The third-order valence-corrected chi connectivity index (χ3v) is 2.82. The van der Waals surface area contributed by atoms with Crippen molar-refractivity contribution in [2.45, 2.75) is 39.7 Å². The predicted molar refractivity (Wildman–Crippen MR) is 67.2 cm³/mol. The predicted octanol–water partition coefficient (Wildman–Crippen LogP) is 2.43. The highest BCUT2D eigenvalue weighted by atomic mass is 16.5. The molecule has 0 fully saturated rings. The first-order valence-electron chi connectivity index (χ1n) is 6.30. The fraction of sp³-hybridized carbons (Fsp3) is 0.538. The molecule has 98 valence electrons. The van der Waals surface area contributed by atoms with Crippen LogP contribution in [-0.2, 0) is 12.8 Å². The topological polar surface area (TPSA) is 64.1 Å². The molecular formula is C13H19N3O2. The Bertz CT molecular complexity index is 490. The Morgan fingerprint density at radius 3 is 2.83 bits per heavy atom. The molecule has 0 aromatic carbocycles. The van der Waals surface area contributed by atoms with Gasteiger partial charge in [-0.05, 0) is 26.0 Å². The smallest absolute Gasteiger partial charge is 0.227 e. The summed E-state index contributed by atoms with van der Waals surface area (Å²) in [7, 11) is 0. The van der Waals surface area contributed by atoms with Crippen molar-refractivity contribution in [1.82, 2.24) is 15.5 Å². The second-order valence-electron chi connectivity index (χ2n) is 4.32. The summed E-state index contributed by atoms with van der Waals surface area (Å²) < 4.78 is 10.7. The van der Waals surface area contributed by atoms with Crippen molar-refractivity contribution in [1.29, 1.82) is 0 Å². The Morgan fingerprint density at radius 2 is 2.22 bits per heavy atom. The van der Waals surface area contributed by atoms with Crippen LogP contribution in [-0.4, -0.2) is 16.7 Å². The van der Waals surface area contributed by atoms with Gasteiger partial charge in [-0.25, -0.2) is 0 Å². The largest absolute Gasteiger partial charge is 0.464 e. The number of nitrogens with zero attached hydrogens (tertiary/aromatic N) is 2. The Balaban J connectivity index is 1.79. The van der Waals surface area contributed by atoms with E-state index in [1.807, 2.05) is 19.1 Å². The van der Waals surface area contributed by atoms with Crippen molar-refractivity contribution in [3.05, 3.63) is 35.4 Å². The third-order valence-electron chi connectivity index (χ3n) is 2.82. The molecule has 0 bridgehead atoms. The first-order chi connectivity index (χ1) is 8.69. The van der Waals surface area contributed by atoms with Gasteiger partial charge < -0.3 is 14.3 Å². The monoisotopic (exact) mass is 249 g/mol. The van der Waals surface area contributed by atoms with Crippen LogP contribution in [0.2, 0.25) is 0 Å². The van der Waals surface area contributed by atoms with Gasteiger partial charge >= 0.3 is 0 Å². The van der Waals surface area contributed by atoms with Crippen LogP contribution in [0.25, 0.3) is 0 Å². The van der Waals surface area contributed by atoms with Crippen molar-refractivity contribution < 1.29 is 8.94 Å². The van der Waals surface area contributed by atoms with E-state index < -0.39 is 0 Å². The molecule has 2 heterocycles. The average molecular weight is 249 g/mol. The summed E-state index contributed by atoms with van der Waals surface area (Å²) in [5, 5.41) is 7.13. The second-order valence-corrected chi connectivity index (χ2v) is 4.32. The highest BCUT2D eigenvalue weighted by Crippen LogP contribution is 2.16. The van der Waals surface area contributed by atoms with Gasteiger partial charge in [0.05, 0.1) is 6.04 Å². The van der Waals surface area contributed by atoms with Gasteiger partial charge in [0.25, 0.3) is 0 Å². The lowest BCUT2D eigenvalue weighted by Gasteiger charge is -2.09. The van der Waals surface area contributed by atoms with E-state index in [4.69, 9.17) is 8.94 Å². The fourth-order valence-electron chi connectivity index (χ4n) is 1.76. The summed E-state index contributed by atoms with van der Waals surface area (Å²) in [5.41, 5.74) is 0. The fourth-order valence-corrected chi connectivity index (χ4v) is 1.76. The lowest BCUT2D eigenvalue weighted by Crippen LogP contribution is -2.21. The first kappa shape index (κ1) is 12.8. The van der Waals surface area contributed by atoms with Gasteiger partial charge in [-0.15, -0.1) is 0 Å². The molecule has 0 saturated heterocycles. The molecule has 0 radical (unpaired) electrons. The first-order valence-corrected chi connectivity index (χ1v) is 6.30. The van der Waals surface area contributed by atoms with Crippen molar-refractivity contribution in [3.8, 4) is 0 Å². The van der Waals surface area contributed by atoms with Crippen LogP contribution in [0.1, 0.15) is 43.1 Å². The van der Waals surface area contributed by atoms with E-state index in [-0.39, 0.29) is 6.04 Å². The van der Waals surface area contributed by atoms with Gasteiger partial charge in [0.15, 0.2) is 5.82 Å². The Labute approximate surface area is 107 Å². The van der Waals surface area contributed by atoms with Crippen LogP contribution >= 0.6 is 0 Å². The highest BCUT2D eigenvalue weighted by molar-refractivity contribution is 5.10. The normalized spacial score (nSPS) is 12.8. The van der Waals surface area contributed by atoms with Crippen LogP contribution < -0.4 is 5.32 Å². The summed E-state index contributed by atoms with van der Waals surface area (Å²) in [6.07, 6.45) is 1.65. The minimum Gasteiger partial charge on any atom is -0.464 e. The molecule has 2 aromatic rings. The lowest BCUT2D eigenvalue weighted by molar-refractivity contribution is 0.363. The number of hydrogen-bond donors (Lipinski definition) is 1. The van der Waals surface area contributed by atoms with Crippen molar-refractivity contribution in [3.63, 3.8) is 0 Å². The van der Waals surface area contributed by atoms with Gasteiger partial charge in [0, 0.05) is 19.4 Å². The number of rotatable bonds is 6. The lowest BCUT2D eigenvalue weighted by atomic mass is 10.2. The van der Waals surface area contributed by atoms with Crippen LogP contribution in [0.5, 0.6) is 0 Å². The van der Waals surface area contributed by atoms with Crippen LogP contribution in [0, 0.1) is 6.92 Å². The summed E-state index contributed by atoms with van der Waals surface area (Å²) in [4.78, 5) is 4.16. The van der Waals surface area contributed by atoms with E-state index in [0.717, 1.165) is 30.9 Å². The SMILES string of the molecule is CCc1ccc(C(C)NCCc2nc(C)no2)o1. The van der Waals surface area contributed by atoms with E-state index >= 15 is 0 Å². The number of aryl methyl sites for hydroxylation is 2. The molecule has 1 N–H and O–H groups in total. The van der Waals surface area contributed by atoms with Gasteiger partial charge in [-0.3, -0.25) is 0 Å². The molecule has 0 aliphatic heterocycles. The zero-order chi connectivity index (χ0) is 13.0. The highest BCUT2D eigenvalue weighted by Gasteiger charge is 2.10. The number of nitrogens with one attached hydrogen (secondary N) is 1. The quantitative estimate of drug-likeness (QED) is 0.851. The summed E-state index contributed by atoms with van der Waals surface area (Å²) >= 11 is 0. The Morgan fingerprint density at radius 1 is 1.39 bits per heavy atom. The van der Waals surface area contributed by atoms with Gasteiger partial charge in [-0.1, -0.05) is 12.1 Å². The summed E-state index contributed by atoms with van der Waals surface area (Å²) in [5.74, 6) is 3.33. The zero-order valence-electron chi connectivity index (χ0n) is 11.1. The molecule has 5 heteroatoms. The maximum atomic E-state index is 5.69. The maximum Gasteiger partial charge on any atom is 0.227 e. The van der Waals surface area contributed by atoms with Crippen molar-refractivity contribution in [2.75, 3.05) is 6.54 Å². The Kier molecular flexibility index (Phi) is 4.15. The molecule has 0 amide bonds. The van der Waals surface area contributed by atoms with E-state index in [0.29, 0.717) is 11.7 Å². The minimum atomic E-state index is 0.189. The molecular weight excluding hydrogens is 230 g/mol.